The molecule has 4 heteroatoms. The van der Waals surface area contributed by atoms with Crippen molar-refractivity contribution in [3.63, 3.8) is 0 Å². The van der Waals surface area contributed by atoms with Crippen LogP contribution in [0.3, 0.4) is 0 Å². The van der Waals surface area contributed by atoms with Gasteiger partial charge in [0.05, 0.1) is 0 Å². The molecule has 2 nitrogen and oxygen atoms in total. The Kier molecular flexibility index (Phi) is 6.30. The molecule has 3 rings (SSSR count). The van der Waals surface area contributed by atoms with Crippen molar-refractivity contribution >= 4 is 27.7 Å². The van der Waals surface area contributed by atoms with Crippen LogP contribution in [0, 0.1) is 10.4 Å². The van der Waals surface area contributed by atoms with Gasteiger partial charge in [0.15, 0.2) is 0 Å². The van der Waals surface area contributed by atoms with E-state index in [9.17, 15) is 5.11 Å². The first-order valence-corrected chi connectivity index (χ1v) is 8.57. The van der Waals surface area contributed by atoms with E-state index in [1.165, 1.54) is 22.2 Å². The lowest BCUT2D eigenvalue weighted by molar-refractivity contribution is 0.232. The fourth-order valence-corrected chi connectivity index (χ4v) is 2.86. The molecular weight excluding hydrogens is 346 g/mol. The SMILES string of the molecule is CN(C)CCC(O)Sc1ccc(Br)cc1.c1cc2ccc1=2. The summed E-state index contributed by atoms with van der Waals surface area (Å²) in [6.07, 6.45) is 0.785. The van der Waals surface area contributed by atoms with E-state index in [-0.39, 0.29) is 5.44 Å². The Balaban J connectivity index is 0.000000218. The molecule has 1 N–H and O–H groups in total. The predicted octanol–water partition coefficient (Wildman–Crippen LogP) is 4.10. The summed E-state index contributed by atoms with van der Waals surface area (Å²) in [5, 5.41) is 12.6. The van der Waals surface area contributed by atoms with Gasteiger partial charge < -0.3 is 10.0 Å². The van der Waals surface area contributed by atoms with Crippen LogP contribution in [0.25, 0.3) is 0 Å². The molecule has 21 heavy (non-hydrogen) atoms. The van der Waals surface area contributed by atoms with Crippen LogP contribution in [0.15, 0.2) is 57.9 Å². The third-order valence-electron chi connectivity index (χ3n) is 3.13. The zero-order chi connectivity index (χ0) is 15.2. The highest BCUT2D eigenvalue weighted by atomic mass is 79.9. The number of aliphatic hydroxyl groups is 1. The van der Waals surface area contributed by atoms with Crippen molar-refractivity contribution in [2.75, 3.05) is 20.6 Å². The smallest absolute Gasteiger partial charge is 0.105 e. The first-order chi connectivity index (χ1) is 10.0. The maximum atomic E-state index is 9.75. The Morgan fingerprint density at radius 3 is 1.90 bits per heavy atom. The normalized spacial score (nSPS) is 12.6. The molecule has 112 valence electrons. The van der Waals surface area contributed by atoms with E-state index < -0.39 is 0 Å². The molecule has 0 radical (unpaired) electrons. The molecule has 0 saturated carbocycles. The van der Waals surface area contributed by atoms with Gasteiger partial charge in [-0.1, -0.05) is 52.0 Å². The van der Waals surface area contributed by atoms with E-state index in [1.54, 1.807) is 0 Å². The number of aliphatic hydroxyl groups excluding tert-OH is 1. The summed E-state index contributed by atoms with van der Waals surface area (Å²) >= 11 is 4.89. The zero-order valence-electron chi connectivity index (χ0n) is 12.3. The zero-order valence-corrected chi connectivity index (χ0v) is 14.7. The number of rotatable bonds is 5. The van der Waals surface area contributed by atoms with Crippen molar-refractivity contribution in [2.24, 2.45) is 0 Å². The van der Waals surface area contributed by atoms with Gasteiger partial charge in [0.25, 0.3) is 0 Å². The molecule has 0 saturated heterocycles. The Labute approximate surface area is 138 Å². The highest BCUT2D eigenvalue weighted by molar-refractivity contribution is 9.10. The maximum Gasteiger partial charge on any atom is 0.105 e. The average Bonchev–Trinajstić information content (AvgIpc) is 2.44. The predicted molar refractivity (Wildman–Crippen MR) is 93.3 cm³/mol. The summed E-state index contributed by atoms with van der Waals surface area (Å²) in [5.41, 5.74) is -0.325. The van der Waals surface area contributed by atoms with Gasteiger partial charge in [0.1, 0.15) is 5.44 Å². The van der Waals surface area contributed by atoms with Crippen LogP contribution >= 0.6 is 27.7 Å². The van der Waals surface area contributed by atoms with Crippen molar-refractivity contribution in [1.82, 2.24) is 4.90 Å². The highest BCUT2D eigenvalue weighted by Crippen LogP contribution is 2.25. The average molecular weight is 366 g/mol. The Hall–Kier alpha value is -0.810. The van der Waals surface area contributed by atoms with Crippen molar-refractivity contribution in [3.8, 4) is 0 Å². The van der Waals surface area contributed by atoms with Crippen molar-refractivity contribution < 1.29 is 5.11 Å². The second-order valence-corrected chi connectivity index (χ2v) is 7.36. The molecule has 2 aliphatic rings. The third-order valence-corrected chi connectivity index (χ3v) is 4.71. The van der Waals surface area contributed by atoms with Crippen LogP contribution in [0.2, 0.25) is 0 Å². The van der Waals surface area contributed by atoms with Crippen molar-refractivity contribution in [1.29, 1.82) is 0 Å². The van der Waals surface area contributed by atoms with Crippen LogP contribution in [0.5, 0.6) is 0 Å². The molecule has 1 aromatic carbocycles. The van der Waals surface area contributed by atoms with Gasteiger partial charge >= 0.3 is 0 Å². The van der Waals surface area contributed by atoms with E-state index in [0.717, 1.165) is 22.3 Å². The van der Waals surface area contributed by atoms with Gasteiger partial charge in [-0.2, -0.15) is 0 Å². The maximum absolute atomic E-state index is 9.75. The molecule has 2 aliphatic carbocycles. The standard InChI is InChI=1S/C11H16BrNOS.C6H4/c1-13(2)8-7-11(14)15-10-5-3-9(12)4-6-10;1-2-6-4-3-5(1)6/h3-6,11,14H,7-8H2,1-2H3;1-4H. The van der Waals surface area contributed by atoms with Crippen LogP contribution in [-0.2, 0) is 0 Å². The Morgan fingerprint density at radius 1 is 1.00 bits per heavy atom. The van der Waals surface area contributed by atoms with Gasteiger partial charge in [0.2, 0.25) is 0 Å². The van der Waals surface area contributed by atoms with Crippen LogP contribution in [0.4, 0.5) is 0 Å². The minimum absolute atomic E-state index is 0.325. The lowest BCUT2D eigenvalue weighted by Crippen LogP contribution is -2.17. The summed E-state index contributed by atoms with van der Waals surface area (Å²) in [5.74, 6) is 0. The van der Waals surface area contributed by atoms with Crippen molar-refractivity contribution in [2.45, 2.75) is 16.8 Å². The van der Waals surface area contributed by atoms with Gasteiger partial charge in [0, 0.05) is 15.9 Å². The molecule has 1 atom stereocenters. The van der Waals surface area contributed by atoms with Gasteiger partial charge in [-0.05, 0) is 55.2 Å². The van der Waals surface area contributed by atoms with Crippen LogP contribution in [0.1, 0.15) is 6.42 Å². The Bertz CT molecular complexity index is 607. The largest absolute Gasteiger partial charge is 0.382 e. The first kappa shape index (κ1) is 16.6. The second-order valence-electron chi connectivity index (χ2n) is 5.20. The number of hydrogen-bond donors (Lipinski definition) is 1. The molecule has 0 heterocycles. The van der Waals surface area contributed by atoms with E-state index in [2.05, 4.69) is 45.1 Å². The van der Waals surface area contributed by atoms with E-state index in [4.69, 9.17) is 0 Å². The molecule has 0 aromatic heterocycles. The minimum atomic E-state index is -0.325. The number of benzene rings is 2. The van der Waals surface area contributed by atoms with Crippen LogP contribution < -0.4 is 0 Å². The Morgan fingerprint density at radius 2 is 1.52 bits per heavy atom. The van der Waals surface area contributed by atoms with E-state index in [0.29, 0.717) is 0 Å². The number of nitrogens with zero attached hydrogens (tertiary/aromatic N) is 1. The molecule has 0 spiro atoms. The summed E-state index contributed by atoms with van der Waals surface area (Å²) in [6.45, 7) is 0.907. The van der Waals surface area contributed by atoms with Crippen molar-refractivity contribution in [3.05, 3.63) is 63.4 Å². The van der Waals surface area contributed by atoms with Gasteiger partial charge in [-0.3, -0.25) is 0 Å². The molecule has 1 aromatic rings. The molecule has 0 bridgehead atoms. The fourth-order valence-electron chi connectivity index (χ4n) is 1.76. The van der Waals surface area contributed by atoms with E-state index >= 15 is 0 Å². The summed E-state index contributed by atoms with van der Waals surface area (Å²) in [4.78, 5) is 3.18. The molecule has 0 fully saturated rings. The fraction of sp³-hybridized carbons (Fsp3) is 0.294. The number of thioether (sulfide) groups is 1. The lowest BCUT2D eigenvalue weighted by atomic mass is 10.1. The number of halogens is 1. The molecule has 0 aliphatic heterocycles. The monoisotopic (exact) mass is 365 g/mol. The minimum Gasteiger partial charge on any atom is -0.382 e. The van der Waals surface area contributed by atoms with Gasteiger partial charge in [-0.15, -0.1) is 0 Å². The quantitative estimate of drug-likeness (QED) is 0.543. The topological polar surface area (TPSA) is 23.5 Å². The third kappa shape index (κ3) is 5.47. The van der Waals surface area contributed by atoms with E-state index in [1.807, 2.05) is 38.4 Å². The lowest BCUT2D eigenvalue weighted by Gasteiger charge is -2.13. The summed E-state index contributed by atoms with van der Waals surface area (Å²) in [6, 6.07) is 16.5. The van der Waals surface area contributed by atoms with Crippen LogP contribution in [-0.4, -0.2) is 36.1 Å². The van der Waals surface area contributed by atoms with Gasteiger partial charge in [-0.25, -0.2) is 0 Å². The second kappa shape index (κ2) is 7.99. The summed E-state index contributed by atoms with van der Waals surface area (Å²) in [7, 11) is 4.02. The molecule has 1 unspecified atom stereocenters. The summed E-state index contributed by atoms with van der Waals surface area (Å²) < 4.78 is 1.06. The highest BCUT2D eigenvalue weighted by Gasteiger charge is 2.06. The molecule has 0 amide bonds. The first-order valence-electron chi connectivity index (χ1n) is 6.90. The number of hydrogen-bond acceptors (Lipinski definition) is 3. The molecular formula is C17H20BrNOS.